The zero-order valence-corrected chi connectivity index (χ0v) is 19.6. The topological polar surface area (TPSA) is 66.8 Å². The number of nitrogens with zero attached hydrogens (tertiary/aromatic N) is 1. The van der Waals surface area contributed by atoms with Crippen LogP contribution >= 0.6 is 35.0 Å². The first-order chi connectivity index (χ1) is 16.0. The fraction of sp³-hybridized carbons (Fsp3) is 0.200. The van der Waals surface area contributed by atoms with Crippen molar-refractivity contribution in [2.45, 2.75) is 17.3 Å². The minimum atomic E-state index is -1.09. The van der Waals surface area contributed by atoms with Gasteiger partial charge in [0.25, 0.3) is 0 Å². The second-order valence-electron chi connectivity index (χ2n) is 7.89. The minimum Gasteiger partial charge on any atom is -0.480 e. The summed E-state index contributed by atoms with van der Waals surface area (Å²) in [7, 11) is 0. The van der Waals surface area contributed by atoms with Crippen molar-refractivity contribution in [2.24, 2.45) is 0 Å². The van der Waals surface area contributed by atoms with E-state index in [-0.39, 0.29) is 18.3 Å². The molecule has 3 aromatic rings. The molecule has 168 valence electrons. The standard InChI is InChI=1S/C25H19Cl2NO4S/c26-20-11-5-10-18(22(20)27)23-28(21(13-33-23)24(29)30)25(31)32-12-19-16-8-3-1-6-14(16)15-7-2-4-9-17(15)19/h1-11,19,21,23H,12-13H2,(H,29,30)/t21-,23?/m0/s1. The van der Waals surface area contributed by atoms with Gasteiger partial charge in [-0.1, -0.05) is 83.9 Å². The van der Waals surface area contributed by atoms with Crippen LogP contribution in [0.25, 0.3) is 11.1 Å². The molecule has 1 fully saturated rings. The number of thioether (sulfide) groups is 1. The highest BCUT2D eigenvalue weighted by Gasteiger charge is 2.44. The number of halogens is 2. The second kappa shape index (κ2) is 8.93. The number of carbonyl (C=O) groups is 2. The van der Waals surface area contributed by atoms with E-state index < -0.39 is 23.5 Å². The molecule has 1 N–H and O–H groups in total. The van der Waals surface area contributed by atoms with E-state index in [1.54, 1.807) is 18.2 Å². The molecule has 1 unspecified atom stereocenters. The third-order valence-electron chi connectivity index (χ3n) is 6.08. The molecule has 1 saturated heterocycles. The summed E-state index contributed by atoms with van der Waals surface area (Å²) in [5.74, 6) is -0.975. The van der Waals surface area contributed by atoms with Crippen molar-refractivity contribution < 1.29 is 19.4 Å². The van der Waals surface area contributed by atoms with Crippen LogP contribution in [0.3, 0.4) is 0 Å². The van der Waals surface area contributed by atoms with Crippen LogP contribution in [0, 0.1) is 0 Å². The van der Waals surface area contributed by atoms with Crippen molar-refractivity contribution in [3.63, 3.8) is 0 Å². The van der Waals surface area contributed by atoms with Gasteiger partial charge in [-0.25, -0.2) is 9.59 Å². The fourth-order valence-electron chi connectivity index (χ4n) is 4.54. The summed E-state index contributed by atoms with van der Waals surface area (Å²) in [4.78, 5) is 26.4. The number of rotatable bonds is 4. The summed E-state index contributed by atoms with van der Waals surface area (Å²) >= 11 is 13.9. The zero-order valence-electron chi connectivity index (χ0n) is 17.3. The van der Waals surface area contributed by atoms with Crippen LogP contribution < -0.4 is 0 Å². The van der Waals surface area contributed by atoms with Crippen molar-refractivity contribution in [1.29, 1.82) is 0 Å². The van der Waals surface area contributed by atoms with E-state index in [0.29, 0.717) is 15.6 Å². The van der Waals surface area contributed by atoms with Crippen LogP contribution in [0.5, 0.6) is 0 Å². The Balaban J connectivity index is 1.42. The first-order valence-electron chi connectivity index (χ1n) is 10.4. The van der Waals surface area contributed by atoms with Gasteiger partial charge in [-0.15, -0.1) is 11.8 Å². The second-order valence-corrected chi connectivity index (χ2v) is 9.79. The van der Waals surface area contributed by atoms with Gasteiger partial charge in [0.1, 0.15) is 18.0 Å². The van der Waals surface area contributed by atoms with Crippen LogP contribution in [0.1, 0.15) is 28.0 Å². The maximum absolute atomic E-state index is 13.3. The summed E-state index contributed by atoms with van der Waals surface area (Å²) < 4.78 is 5.76. The fourth-order valence-corrected chi connectivity index (χ4v) is 6.45. The highest BCUT2D eigenvalue weighted by atomic mass is 35.5. The molecule has 1 aliphatic carbocycles. The quantitative estimate of drug-likeness (QED) is 0.447. The lowest BCUT2D eigenvalue weighted by atomic mass is 9.98. The molecule has 0 saturated carbocycles. The molecule has 2 aliphatic rings. The number of hydrogen-bond donors (Lipinski definition) is 1. The van der Waals surface area contributed by atoms with Gasteiger partial charge in [0.2, 0.25) is 0 Å². The molecule has 0 radical (unpaired) electrons. The van der Waals surface area contributed by atoms with Gasteiger partial charge < -0.3 is 9.84 Å². The summed E-state index contributed by atoms with van der Waals surface area (Å²) in [5, 5.41) is 9.79. The van der Waals surface area contributed by atoms with Crippen molar-refractivity contribution in [1.82, 2.24) is 4.90 Å². The number of benzene rings is 3. The number of carbonyl (C=O) groups excluding carboxylic acids is 1. The predicted molar refractivity (Wildman–Crippen MR) is 130 cm³/mol. The third-order valence-corrected chi connectivity index (χ3v) is 8.22. The number of aliphatic carboxylic acids is 1. The zero-order chi connectivity index (χ0) is 23.1. The van der Waals surface area contributed by atoms with Gasteiger partial charge in [0, 0.05) is 17.2 Å². The van der Waals surface area contributed by atoms with Crippen molar-refractivity contribution in [3.8, 4) is 11.1 Å². The number of ether oxygens (including phenoxy) is 1. The Morgan fingerprint density at radius 2 is 1.55 bits per heavy atom. The van der Waals surface area contributed by atoms with Gasteiger partial charge in [0.15, 0.2) is 0 Å². The lowest BCUT2D eigenvalue weighted by molar-refractivity contribution is -0.141. The van der Waals surface area contributed by atoms with Gasteiger partial charge in [-0.05, 0) is 28.3 Å². The maximum Gasteiger partial charge on any atom is 0.411 e. The van der Waals surface area contributed by atoms with Crippen LogP contribution in [0.15, 0.2) is 66.7 Å². The Hall–Kier alpha value is -2.67. The molecule has 0 bridgehead atoms. The van der Waals surface area contributed by atoms with Crippen LogP contribution in [-0.2, 0) is 9.53 Å². The average Bonchev–Trinajstić information content (AvgIpc) is 3.40. The van der Waals surface area contributed by atoms with E-state index in [1.807, 2.05) is 36.4 Å². The number of amides is 1. The lowest BCUT2D eigenvalue weighted by Gasteiger charge is -2.28. The molecule has 5 rings (SSSR count). The maximum atomic E-state index is 13.3. The molecule has 1 heterocycles. The molecule has 5 nitrogen and oxygen atoms in total. The molecular formula is C25H19Cl2NO4S. The first kappa shape index (κ1) is 22.1. The van der Waals surface area contributed by atoms with Crippen molar-refractivity contribution in [3.05, 3.63) is 93.5 Å². The number of carboxylic acids is 1. The molecule has 0 aromatic heterocycles. The molecule has 3 aromatic carbocycles. The van der Waals surface area contributed by atoms with Crippen LogP contribution in [0.2, 0.25) is 10.0 Å². The van der Waals surface area contributed by atoms with Crippen LogP contribution in [0.4, 0.5) is 4.79 Å². The Labute approximate surface area is 205 Å². The average molecular weight is 500 g/mol. The number of hydrogen-bond acceptors (Lipinski definition) is 4. The van der Waals surface area contributed by atoms with E-state index in [2.05, 4.69) is 12.1 Å². The van der Waals surface area contributed by atoms with Gasteiger partial charge in [-0.2, -0.15) is 0 Å². The Bertz CT molecular complexity index is 1210. The normalized spacial score (nSPS) is 19.3. The molecule has 2 atom stereocenters. The highest BCUT2D eigenvalue weighted by Crippen LogP contribution is 2.47. The van der Waals surface area contributed by atoms with E-state index in [4.69, 9.17) is 27.9 Å². The summed E-state index contributed by atoms with van der Waals surface area (Å²) in [5.41, 5.74) is 5.01. The monoisotopic (exact) mass is 499 g/mol. The van der Waals surface area contributed by atoms with Gasteiger partial charge in [-0.3, -0.25) is 4.90 Å². The van der Waals surface area contributed by atoms with Crippen molar-refractivity contribution >= 4 is 47.0 Å². The summed E-state index contributed by atoms with van der Waals surface area (Å²) in [6.45, 7) is 0.108. The SMILES string of the molecule is O=C(O)[C@@H]1CSC(c2cccc(Cl)c2Cl)N1C(=O)OCC1c2ccccc2-c2ccccc21. The molecule has 1 aliphatic heterocycles. The van der Waals surface area contributed by atoms with E-state index in [9.17, 15) is 14.7 Å². The Morgan fingerprint density at radius 1 is 0.939 bits per heavy atom. The molecule has 1 amide bonds. The largest absolute Gasteiger partial charge is 0.480 e. The van der Waals surface area contributed by atoms with E-state index >= 15 is 0 Å². The summed E-state index contributed by atoms with van der Waals surface area (Å²) in [6, 6.07) is 20.2. The number of fused-ring (bicyclic) bond motifs is 3. The van der Waals surface area contributed by atoms with Crippen molar-refractivity contribution in [2.75, 3.05) is 12.4 Å². The van der Waals surface area contributed by atoms with E-state index in [1.165, 1.54) is 16.7 Å². The van der Waals surface area contributed by atoms with Gasteiger partial charge in [0.05, 0.1) is 10.0 Å². The lowest BCUT2D eigenvalue weighted by Crippen LogP contribution is -2.43. The summed E-state index contributed by atoms with van der Waals surface area (Å²) in [6.07, 6.45) is -0.685. The highest BCUT2D eigenvalue weighted by molar-refractivity contribution is 7.99. The Morgan fingerprint density at radius 3 is 2.18 bits per heavy atom. The molecule has 0 spiro atoms. The van der Waals surface area contributed by atoms with E-state index in [0.717, 1.165) is 22.3 Å². The number of carboxylic acid groups (broad SMARTS) is 1. The smallest absolute Gasteiger partial charge is 0.411 e. The molecule has 33 heavy (non-hydrogen) atoms. The minimum absolute atomic E-state index is 0.108. The Kier molecular flexibility index (Phi) is 5.99. The third kappa shape index (κ3) is 3.86. The van der Waals surface area contributed by atoms with Crippen LogP contribution in [-0.4, -0.2) is 40.5 Å². The van der Waals surface area contributed by atoms with Gasteiger partial charge >= 0.3 is 12.1 Å². The molecular weight excluding hydrogens is 481 g/mol. The first-order valence-corrected chi connectivity index (χ1v) is 12.2. The molecule has 8 heteroatoms. The predicted octanol–water partition coefficient (Wildman–Crippen LogP) is 6.44.